The fourth-order valence-corrected chi connectivity index (χ4v) is 1.95. The van der Waals surface area contributed by atoms with Crippen LogP contribution < -0.4 is 4.74 Å². The number of ether oxygens (including phenoxy) is 1. The topological polar surface area (TPSA) is 38.2 Å². The summed E-state index contributed by atoms with van der Waals surface area (Å²) in [5.74, 6) is 0.640. The van der Waals surface area contributed by atoms with Crippen LogP contribution in [0, 0.1) is 0 Å². The van der Waals surface area contributed by atoms with Gasteiger partial charge >= 0.3 is 0 Å². The number of nitrogens with zero attached hydrogens (tertiary/aromatic N) is 3. The van der Waals surface area contributed by atoms with Crippen LogP contribution in [-0.4, -0.2) is 33.1 Å². The van der Waals surface area contributed by atoms with Gasteiger partial charge in [-0.2, -0.15) is 0 Å². The molecular weight excluding hydrogens is 270 g/mol. The van der Waals surface area contributed by atoms with E-state index in [1.807, 2.05) is 23.1 Å². The van der Waals surface area contributed by atoms with Crippen molar-refractivity contribution in [3.63, 3.8) is 0 Å². The highest BCUT2D eigenvalue weighted by molar-refractivity contribution is 7.80. The van der Waals surface area contributed by atoms with Crippen molar-refractivity contribution in [3.05, 3.63) is 55.9 Å². The van der Waals surface area contributed by atoms with E-state index in [9.17, 15) is 0 Å². The van der Waals surface area contributed by atoms with Gasteiger partial charge in [-0.15, -0.1) is 13.2 Å². The van der Waals surface area contributed by atoms with Crippen LogP contribution in [0.1, 0.15) is 0 Å². The molecule has 0 bridgehead atoms. The van der Waals surface area contributed by atoms with E-state index < -0.39 is 0 Å². The molecule has 0 spiro atoms. The van der Waals surface area contributed by atoms with Gasteiger partial charge in [0.15, 0.2) is 0 Å². The Morgan fingerprint density at radius 1 is 1.15 bits per heavy atom. The Morgan fingerprint density at radius 3 is 2.45 bits per heavy atom. The Bertz CT molecular complexity index is 632. The van der Waals surface area contributed by atoms with Crippen LogP contribution in [0.5, 0.6) is 5.75 Å². The monoisotopic (exact) mass is 285 g/mol. The van der Waals surface area contributed by atoms with Gasteiger partial charge in [-0.25, -0.2) is 0 Å². The van der Waals surface area contributed by atoms with Crippen LogP contribution in [-0.2, 0) is 0 Å². The predicted molar refractivity (Wildman–Crippen MR) is 84.7 cm³/mol. The van der Waals surface area contributed by atoms with Crippen LogP contribution in [0.4, 0.5) is 0 Å². The van der Waals surface area contributed by atoms with Gasteiger partial charge in [-0.1, -0.05) is 12.2 Å². The van der Waals surface area contributed by atoms with Crippen molar-refractivity contribution >= 4 is 28.4 Å². The Morgan fingerprint density at radius 2 is 1.80 bits per heavy atom. The first-order valence-corrected chi connectivity index (χ1v) is 6.54. The lowest BCUT2D eigenvalue weighted by molar-refractivity contribution is 0.404. The van der Waals surface area contributed by atoms with E-state index in [0.29, 0.717) is 24.0 Å². The minimum atomic E-state index is 0.382. The van der Waals surface area contributed by atoms with Crippen molar-refractivity contribution in [2.45, 2.75) is 0 Å². The molecule has 0 aliphatic carbocycles. The van der Waals surface area contributed by atoms with Crippen molar-refractivity contribution in [2.24, 2.45) is 0 Å². The van der Waals surface area contributed by atoms with Crippen molar-refractivity contribution < 1.29 is 4.74 Å². The maximum atomic E-state index is 5.68. The molecule has 0 aliphatic rings. The molecule has 0 saturated carbocycles. The van der Waals surface area contributed by atoms with Crippen LogP contribution in [0.2, 0.25) is 0 Å². The fraction of sp³-hybridized carbons (Fsp3) is 0.133. The second-order valence-electron chi connectivity index (χ2n) is 4.06. The highest BCUT2D eigenvalue weighted by Gasteiger charge is 2.09. The van der Waals surface area contributed by atoms with E-state index in [2.05, 4.69) is 23.1 Å². The first kappa shape index (κ1) is 14.1. The number of rotatable bonds is 5. The molecule has 4 nitrogen and oxygen atoms in total. The Hall–Kier alpha value is -2.27. The molecule has 0 saturated heterocycles. The summed E-state index contributed by atoms with van der Waals surface area (Å²) in [5, 5.41) is 0.382. The number of fused-ring (bicyclic) bond motifs is 1. The van der Waals surface area contributed by atoms with Gasteiger partial charge in [0.05, 0.1) is 11.0 Å². The normalized spacial score (nSPS) is 10.0. The predicted octanol–water partition coefficient (Wildman–Crippen LogP) is 2.97. The van der Waals surface area contributed by atoms with Gasteiger partial charge in [0, 0.05) is 31.5 Å². The third-order valence-corrected chi connectivity index (χ3v) is 2.94. The molecule has 0 N–H and O–H groups in total. The van der Waals surface area contributed by atoms with Crippen molar-refractivity contribution in [1.82, 2.24) is 14.9 Å². The first-order valence-electron chi connectivity index (χ1n) is 6.14. The minimum Gasteiger partial charge on any atom is -0.432 e. The summed E-state index contributed by atoms with van der Waals surface area (Å²) in [6, 6.07) is 5.49. The third kappa shape index (κ3) is 3.39. The Kier molecular flexibility index (Phi) is 4.79. The summed E-state index contributed by atoms with van der Waals surface area (Å²) >= 11 is 5.28. The summed E-state index contributed by atoms with van der Waals surface area (Å²) in [6.07, 6.45) is 6.84. The highest BCUT2D eigenvalue weighted by Crippen LogP contribution is 2.18. The zero-order valence-electron chi connectivity index (χ0n) is 11.0. The number of hydrogen-bond donors (Lipinski definition) is 0. The summed E-state index contributed by atoms with van der Waals surface area (Å²) in [6.45, 7) is 8.63. The van der Waals surface area contributed by atoms with Gasteiger partial charge in [-0.05, 0) is 24.4 Å². The average Bonchev–Trinajstić information content (AvgIpc) is 2.47. The maximum absolute atomic E-state index is 5.68. The molecule has 0 radical (unpaired) electrons. The lowest BCUT2D eigenvalue weighted by atomic mass is 10.3. The summed E-state index contributed by atoms with van der Waals surface area (Å²) < 4.78 is 5.68. The van der Waals surface area contributed by atoms with E-state index in [1.54, 1.807) is 24.5 Å². The molecule has 0 unspecified atom stereocenters. The van der Waals surface area contributed by atoms with E-state index >= 15 is 0 Å². The minimum absolute atomic E-state index is 0.382. The van der Waals surface area contributed by atoms with Crippen LogP contribution in [0.25, 0.3) is 11.0 Å². The second kappa shape index (κ2) is 6.77. The van der Waals surface area contributed by atoms with E-state index in [-0.39, 0.29) is 0 Å². The summed E-state index contributed by atoms with van der Waals surface area (Å²) in [5.41, 5.74) is 1.59. The van der Waals surface area contributed by atoms with Crippen molar-refractivity contribution in [3.8, 4) is 5.75 Å². The van der Waals surface area contributed by atoms with Crippen LogP contribution in [0.3, 0.4) is 0 Å². The zero-order valence-corrected chi connectivity index (χ0v) is 11.8. The maximum Gasteiger partial charge on any atom is 0.265 e. The van der Waals surface area contributed by atoms with E-state index in [4.69, 9.17) is 17.0 Å². The largest absolute Gasteiger partial charge is 0.432 e. The molecular formula is C15H15N3OS. The van der Waals surface area contributed by atoms with E-state index in [0.717, 1.165) is 11.0 Å². The molecule has 1 heterocycles. The molecule has 0 atom stereocenters. The molecule has 2 aromatic rings. The molecule has 0 fully saturated rings. The summed E-state index contributed by atoms with van der Waals surface area (Å²) in [7, 11) is 0. The molecule has 102 valence electrons. The van der Waals surface area contributed by atoms with Gasteiger partial charge in [0.25, 0.3) is 5.17 Å². The van der Waals surface area contributed by atoms with Gasteiger partial charge in [-0.3, -0.25) is 9.97 Å². The SMILES string of the molecule is C=CCN(CC=C)C(=S)Oc1ccc2nccnc2c1. The third-order valence-electron chi connectivity index (χ3n) is 2.60. The van der Waals surface area contributed by atoms with Gasteiger partial charge in [0.2, 0.25) is 0 Å². The molecule has 5 heteroatoms. The quantitative estimate of drug-likeness (QED) is 0.624. The number of thiocarbonyl (C=S) groups is 1. The zero-order chi connectivity index (χ0) is 14.4. The van der Waals surface area contributed by atoms with Crippen LogP contribution >= 0.6 is 12.2 Å². The second-order valence-corrected chi connectivity index (χ2v) is 4.41. The standard InChI is InChI=1S/C15H15N3OS/c1-3-9-18(10-4-2)15(20)19-12-5-6-13-14(11-12)17-8-7-16-13/h3-8,11H,1-2,9-10H2. The van der Waals surface area contributed by atoms with Crippen molar-refractivity contribution in [1.29, 1.82) is 0 Å². The summed E-state index contributed by atoms with van der Waals surface area (Å²) in [4.78, 5) is 10.3. The highest BCUT2D eigenvalue weighted by atomic mass is 32.1. The molecule has 2 rings (SSSR count). The molecule has 0 aliphatic heterocycles. The first-order chi connectivity index (χ1) is 9.74. The molecule has 20 heavy (non-hydrogen) atoms. The molecule has 1 aromatic heterocycles. The van der Waals surface area contributed by atoms with Crippen molar-refractivity contribution in [2.75, 3.05) is 13.1 Å². The van der Waals surface area contributed by atoms with Gasteiger partial charge in [0.1, 0.15) is 5.75 Å². The molecule has 1 aromatic carbocycles. The number of benzene rings is 1. The van der Waals surface area contributed by atoms with Crippen LogP contribution in [0.15, 0.2) is 55.9 Å². The lowest BCUT2D eigenvalue weighted by Gasteiger charge is -2.21. The van der Waals surface area contributed by atoms with Gasteiger partial charge < -0.3 is 9.64 Å². The number of hydrogen-bond acceptors (Lipinski definition) is 4. The average molecular weight is 285 g/mol. The van der Waals surface area contributed by atoms with E-state index in [1.165, 1.54) is 0 Å². The number of aromatic nitrogens is 2. The Labute approximate surface area is 123 Å². The molecule has 0 amide bonds. The Balaban J connectivity index is 2.15. The fourth-order valence-electron chi connectivity index (χ4n) is 1.71. The lowest BCUT2D eigenvalue weighted by Crippen LogP contribution is -2.33. The smallest absolute Gasteiger partial charge is 0.265 e.